The van der Waals surface area contributed by atoms with Crippen LogP contribution in [0.15, 0.2) is 41.3 Å². The van der Waals surface area contributed by atoms with Gasteiger partial charge in [-0.15, -0.1) is 11.8 Å². The van der Waals surface area contributed by atoms with Crippen LogP contribution in [0.5, 0.6) is 0 Å². The topological polar surface area (TPSA) is 38.3 Å². The maximum Gasteiger partial charge on any atom is 0.253 e. The van der Waals surface area contributed by atoms with Crippen LogP contribution in [0.1, 0.15) is 0 Å². The average molecular weight is 282 g/mol. The van der Waals surface area contributed by atoms with Crippen LogP contribution in [-0.2, 0) is 9.63 Å². The first-order valence-corrected chi connectivity index (χ1v) is 6.70. The van der Waals surface area contributed by atoms with E-state index in [1.54, 1.807) is 0 Å². The third-order valence-corrected chi connectivity index (χ3v) is 3.76. The van der Waals surface area contributed by atoms with Gasteiger partial charge in [0.25, 0.3) is 5.91 Å². The zero-order chi connectivity index (χ0) is 13.0. The summed E-state index contributed by atoms with van der Waals surface area (Å²) in [5.74, 6) is 0.115. The number of thioether (sulfide) groups is 1. The van der Waals surface area contributed by atoms with Crippen molar-refractivity contribution >= 4 is 40.0 Å². The minimum absolute atomic E-state index is 0.174. The van der Waals surface area contributed by atoms with Crippen LogP contribution in [0.3, 0.4) is 0 Å². The molecule has 0 atom stereocenters. The summed E-state index contributed by atoms with van der Waals surface area (Å²) >= 11 is 7.64. The molecule has 2 aromatic rings. The van der Waals surface area contributed by atoms with E-state index >= 15 is 0 Å². The summed E-state index contributed by atoms with van der Waals surface area (Å²) in [4.78, 5) is 16.9. The minimum Gasteiger partial charge on any atom is -0.277 e. The highest BCUT2D eigenvalue weighted by atomic mass is 35.5. The molecule has 0 radical (unpaired) electrons. The number of hydrogen-bond acceptors (Lipinski definition) is 3. The summed E-state index contributed by atoms with van der Waals surface area (Å²) in [6, 6.07) is 11.7. The number of halogens is 1. The first-order valence-electron chi connectivity index (χ1n) is 5.34. The van der Waals surface area contributed by atoms with E-state index in [1.165, 1.54) is 18.9 Å². The lowest BCUT2D eigenvalue weighted by Gasteiger charge is -2.07. The third-order valence-electron chi connectivity index (χ3n) is 2.39. The Morgan fingerprint density at radius 1 is 1.33 bits per heavy atom. The van der Waals surface area contributed by atoms with Crippen molar-refractivity contribution in [2.75, 3.05) is 12.9 Å². The van der Waals surface area contributed by atoms with Crippen LogP contribution in [0.25, 0.3) is 10.8 Å². The van der Waals surface area contributed by atoms with Gasteiger partial charge in [0.2, 0.25) is 0 Å². The zero-order valence-corrected chi connectivity index (χ0v) is 11.3. The molecule has 0 saturated heterocycles. The number of amides is 1. The molecule has 18 heavy (non-hydrogen) atoms. The van der Waals surface area contributed by atoms with E-state index < -0.39 is 0 Å². The number of fused-ring (bicyclic) bond motifs is 1. The van der Waals surface area contributed by atoms with Gasteiger partial charge in [-0.1, -0.05) is 35.9 Å². The Morgan fingerprint density at radius 2 is 2.06 bits per heavy atom. The Kier molecular flexibility index (Phi) is 4.47. The molecule has 2 aromatic carbocycles. The molecule has 2 rings (SSSR count). The van der Waals surface area contributed by atoms with E-state index in [1.807, 2.05) is 36.4 Å². The lowest BCUT2D eigenvalue weighted by Crippen LogP contribution is -2.23. The molecule has 0 heterocycles. The van der Waals surface area contributed by atoms with Gasteiger partial charge in [-0.05, 0) is 17.5 Å². The fourth-order valence-electron chi connectivity index (χ4n) is 1.67. The Labute approximate surface area is 114 Å². The van der Waals surface area contributed by atoms with Gasteiger partial charge in [0.15, 0.2) is 0 Å². The molecular formula is C13H12ClNO2S. The Bertz CT molecular complexity index is 569. The largest absolute Gasteiger partial charge is 0.277 e. The van der Waals surface area contributed by atoms with Crippen LogP contribution in [0, 0.1) is 0 Å². The number of hydroxylamine groups is 1. The molecule has 0 bridgehead atoms. The molecule has 3 nitrogen and oxygen atoms in total. The second kappa shape index (κ2) is 6.09. The van der Waals surface area contributed by atoms with Gasteiger partial charge in [-0.3, -0.25) is 9.63 Å². The van der Waals surface area contributed by atoms with Gasteiger partial charge < -0.3 is 0 Å². The normalized spacial score (nSPS) is 10.6. The molecule has 1 N–H and O–H groups in total. The fourth-order valence-corrected chi connectivity index (χ4v) is 2.90. The molecule has 0 unspecified atom stereocenters. The Morgan fingerprint density at radius 3 is 2.78 bits per heavy atom. The summed E-state index contributed by atoms with van der Waals surface area (Å²) in [7, 11) is 1.41. The Hall–Kier alpha value is -1.23. The van der Waals surface area contributed by atoms with Crippen molar-refractivity contribution in [1.82, 2.24) is 5.48 Å². The summed E-state index contributed by atoms with van der Waals surface area (Å²) < 4.78 is 0. The van der Waals surface area contributed by atoms with Crippen molar-refractivity contribution < 1.29 is 9.63 Å². The van der Waals surface area contributed by atoms with Gasteiger partial charge in [-0.2, -0.15) is 0 Å². The monoisotopic (exact) mass is 281 g/mol. The summed E-state index contributed by atoms with van der Waals surface area (Å²) in [5.41, 5.74) is 2.29. The number of carbonyl (C=O) groups is 1. The molecule has 0 spiro atoms. The van der Waals surface area contributed by atoms with Gasteiger partial charge in [-0.25, -0.2) is 5.48 Å². The van der Waals surface area contributed by atoms with Gasteiger partial charge >= 0.3 is 0 Å². The van der Waals surface area contributed by atoms with Crippen LogP contribution < -0.4 is 5.48 Å². The van der Waals surface area contributed by atoms with E-state index in [0.29, 0.717) is 5.02 Å². The lowest BCUT2D eigenvalue weighted by molar-refractivity contribution is -0.128. The van der Waals surface area contributed by atoms with Crippen molar-refractivity contribution in [3.8, 4) is 0 Å². The first-order chi connectivity index (χ1) is 8.72. The van der Waals surface area contributed by atoms with Crippen molar-refractivity contribution in [2.45, 2.75) is 4.90 Å². The Balaban J connectivity index is 2.25. The standard InChI is InChI=1S/C13H12ClNO2S/c1-17-15-12(16)8-18-11-7-3-5-9-4-2-6-10(14)13(9)11/h2-7H,8H2,1H3,(H,15,16). The molecule has 0 aromatic heterocycles. The SMILES string of the molecule is CONC(=O)CSc1cccc2cccc(Cl)c12. The average Bonchev–Trinajstić information content (AvgIpc) is 2.37. The molecular weight excluding hydrogens is 270 g/mol. The predicted octanol–water partition coefficient (Wildman–Crippen LogP) is 3.26. The molecule has 94 valence electrons. The number of rotatable bonds is 4. The zero-order valence-electron chi connectivity index (χ0n) is 9.77. The number of hydrogen-bond donors (Lipinski definition) is 1. The third kappa shape index (κ3) is 2.96. The van der Waals surface area contributed by atoms with Gasteiger partial charge in [0.05, 0.1) is 12.9 Å². The second-order valence-electron chi connectivity index (χ2n) is 3.61. The molecule has 0 fully saturated rings. The number of carbonyl (C=O) groups excluding carboxylic acids is 1. The highest BCUT2D eigenvalue weighted by Crippen LogP contribution is 2.32. The summed E-state index contributed by atoms with van der Waals surface area (Å²) in [5, 5.41) is 2.75. The van der Waals surface area contributed by atoms with E-state index in [4.69, 9.17) is 11.6 Å². The van der Waals surface area contributed by atoms with Crippen molar-refractivity contribution in [3.05, 3.63) is 41.4 Å². The summed E-state index contributed by atoms with van der Waals surface area (Å²) in [6.45, 7) is 0. The van der Waals surface area contributed by atoms with Gasteiger partial charge in [0.1, 0.15) is 0 Å². The predicted molar refractivity (Wildman–Crippen MR) is 74.8 cm³/mol. The highest BCUT2D eigenvalue weighted by molar-refractivity contribution is 8.00. The molecule has 0 saturated carbocycles. The maximum absolute atomic E-state index is 11.3. The van der Waals surface area contributed by atoms with Crippen LogP contribution in [0.4, 0.5) is 0 Å². The lowest BCUT2D eigenvalue weighted by atomic mass is 10.1. The number of nitrogens with one attached hydrogen (secondary N) is 1. The minimum atomic E-state index is -0.174. The second-order valence-corrected chi connectivity index (χ2v) is 5.04. The van der Waals surface area contributed by atoms with E-state index in [-0.39, 0.29) is 11.7 Å². The molecule has 0 aliphatic heterocycles. The van der Waals surface area contributed by atoms with E-state index in [2.05, 4.69) is 10.3 Å². The van der Waals surface area contributed by atoms with Crippen molar-refractivity contribution in [3.63, 3.8) is 0 Å². The van der Waals surface area contributed by atoms with Crippen LogP contribution in [-0.4, -0.2) is 18.8 Å². The number of benzene rings is 2. The van der Waals surface area contributed by atoms with Crippen molar-refractivity contribution in [2.24, 2.45) is 0 Å². The first kappa shape index (κ1) is 13.2. The highest BCUT2D eigenvalue weighted by Gasteiger charge is 2.07. The van der Waals surface area contributed by atoms with Gasteiger partial charge in [0, 0.05) is 15.3 Å². The molecule has 0 aliphatic rings. The summed E-state index contributed by atoms with van der Waals surface area (Å²) in [6.07, 6.45) is 0. The van der Waals surface area contributed by atoms with Crippen LogP contribution in [0.2, 0.25) is 5.02 Å². The van der Waals surface area contributed by atoms with E-state index in [0.717, 1.165) is 15.7 Å². The quantitative estimate of drug-likeness (QED) is 0.690. The van der Waals surface area contributed by atoms with E-state index in [9.17, 15) is 4.79 Å². The smallest absolute Gasteiger partial charge is 0.253 e. The fraction of sp³-hybridized carbons (Fsp3) is 0.154. The molecule has 1 amide bonds. The van der Waals surface area contributed by atoms with Crippen LogP contribution >= 0.6 is 23.4 Å². The maximum atomic E-state index is 11.3. The molecule has 0 aliphatic carbocycles. The van der Waals surface area contributed by atoms with Crippen molar-refractivity contribution in [1.29, 1.82) is 0 Å². The molecule has 5 heteroatoms.